The molecule has 0 spiro atoms. The topological polar surface area (TPSA) is 53.1 Å². The number of rotatable bonds is 9. The molecule has 1 heterocycles. The second-order valence-electron chi connectivity index (χ2n) is 9.45. The molecule has 4 rings (SSSR count). The molecular weight excluding hydrogens is 394 g/mol. The molecular formula is C27H37N5. The Morgan fingerprint density at radius 3 is 2.41 bits per heavy atom. The van der Waals surface area contributed by atoms with E-state index < -0.39 is 0 Å². The second-order valence-corrected chi connectivity index (χ2v) is 9.45. The molecule has 0 radical (unpaired) electrons. The van der Waals surface area contributed by atoms with E-state index in [0.29, 0.717) is 12.0 Å². The standard InChI is InChI=1S/C27H37N5/c1-20(22-9-5-4-6-10-22)17-18-28-19-21-13-15-23(16-14-21)29-27-30-25-12-8-7-11-24(25)26(31-27)32(2)3/h4-12,20-21,23,28H,13-19H2,1-3H3,(H,29,30,31). The molecule has 1 saturated carbocycles. The van der Waals surface area contributed by atoms with Crippen LogP contribution < -0.4 is 15.5 Å². The zero-order valence-corrected chi connectivity index (χ0v) is 19.7. The monoisotopic (exact) mass is 431 g/mol. The van der Waals surface area contributed by atoms with Gasteiger partial charge in [0.05, 0.1) is 5.52 Å². The first-order valence-electron chi connectivity index (χ1n) is 12.1. The fraction of sp³-hybridized carbons (Fsp3) is 0.481. The van der Waals surface area contributed by atoms with Gasteiger partial charge >= 0.3 is 0 Å². The summed E-state index contributed by atoms with van der Waals surface area (Å²) in [6.45, 7) is 4.54. The van der Waals surface area contributed by atoms with Crippen molar-refractivity contribution >= 4 is 22.7 Å². The Kier molecular flexibility index (Phi) is 7.59. The first-order chi connectivity index (χ1) is 15.6. The van der Waals surface area contributed by atoms with Gasteiger partial charge in [0, 0.05) is 25.5 Å². The summed E-state index contributed by atoms with van der Waals surface area (Å²) in [6.07, 6.45) is 6.06. The maximum Gasteiger partial charge on any atom is 0.225 e. The molecule has 1 unspecified atom stereocenters. The molecule has 0 bridgehead atoms. The van der Waals surface area contributed by atoms with Gasteiger partial charge in [-0.2, -0.15) is 4.98 Å². The molecule has 1 atom stereocenters. The second kappa shape index (κ2) is 10.8. The largest absolute Gasteiger partial charge is 0.362 e. The third-order valence-electron chi connectivity index (χ3n) is 6.74. The molecule has 2 N–H and O–H groups in total. The predicted molar refractivity (Wildman–Crippen MR) is 136 cm³/mol. The van der Waals surface area contributed by atoms with Crippen LogP contribution in [0, 0.1) is 5.92 Å². The van der Waals surface area contributed by atoms with E-state index in [4.69, 9.17) is 9.97 Å². The van der Waals surface area contributed by atoms with Crippen LogP contribution in [-0.4, -0.2) is 43.2 Å². The minimum atomic E-state index is 0.459. The highest BCUT2D eigenvalue weighted by Gasteiger charge is 2.22. The van der Waals surface area contributed by atoms with Crippen molar-refractivity contribution in [2.24, 2.45) is 5.92 Å². The normalized spacial score (nSPS) is 19.6. The van der Waals surface area contributed by atoms with Gasteiger partial charge < -0.3 is 15.5 Å². The van der Waals surface area contributed by atoms with Gasteiger partial charge in [0.1, 0.15) is 5.82 Å². The molecule has 5 nitrogen and oxygen atoms in total. The summed E-state index contributed by atoms with van der Waals surface area (Å²) in [4.78, 5) is 11.6. The Morgan fingerprint density at radius 1 is 0.938 bits per heavy atom. The van der Waals surface area contributed by atoms with Crippen molar-refractivity contribution in [3.63, 3.8) is 0 Å². The lowest BCUT2D eigenvalue weighted by Crippen LogP contribution is -2.32. The van der Waals surface area contributed by atoms with Crippen molar-refractivity contribution in [1.82, 2.24) is 15.3 Å². The van der Waals surface area contributed by atoms with E-state index in [9.17, 15) is 0 Å². The third-order valence-corrected chi connectivity index (χ3v) is 6.74. The molecule has 1 aliphatic carbocycles. The first-order valence-corrected chi connectivity index (χ1v) is 12.1. The smallest absolute Gasteiger partial charge is 0.225 e. The molecule has 0 saturated heterocycles. The van der Waals surface area contributed by atoms with E-state index in [0.717, 1.165) is 41.7 Å². The van der Waals surface area contributed by atoms with Crippen LogP contribution in [0.25, 0.3) is 10.9 Å². The molecule has 0 amide bonds. The number of hydrogen-bond donors (Lipinski definition) is 2. The number of nitrogens with one attached hydrogen (secondary N) is 2. The molecule has 0 aliphatic heterocycles. The maximum atomic E-state index is 4.81. The van der Waals surface area contributed by atoms with Gasteiger partial charge in [-0.05, 0) is 74.7 Å². The first kappa shape index (κ1) is 22.5. The number of anilines is 2. The van der Waals surface area contributed by atoms with Crippen LogP contribution in [0.15, 0.2) is 54.6 Å². The van der Waals surface area contributed by atoms with Crippen LogP contribution in [-0.2, 0) is 0 Å². The van der Waals surface area contributed by atoms with Crippen LogP contribution in [0.4, 0.5) is 11.8 Å². The number of aromatic nitrogens is 2. The van der Waals surface area contributed by atoms with Gasteiger partial charge in [-0.3, -0.25) is 0 Å². The highest BCUT2D eigenvalue weighted by molar-refractivity contribution is 5.90. The van der Waals surface area contributed by atoms with Crippen molar-refractivity contribution in [2.75, 3.05) is 37.4 Å². The van der Waals surface area contributed by atoms with E-state index in [1.54, 1.807) is 0 Å². The van der Waals surface area contributed by atoms with E-state index in [1.807, 2.05) is 26.2 Å². The van der Waals surface area contributed by atoms with Crippen LogP contribution in [0.2, 0.25) is 0 Å². The van der Waals surface area contributed by atoms with Gasteiger partial charge in [-0.15, -0.1) is 0 Å². The zero-order valence-electron chi connectivity index (χ0n) is 19.7. The van der Waals surface area contributed by atoms with Crippen molar-refractivity contribution < 1.29 is 0 Å². The van der Waals surface area contributed by atoms with Crippen LogP contribution in [0.1, 0.15) is 50.5 Å². The van der Waals surface area contributed by atoms with E-state index in [2.05, 4.69) is 64.9 Å². The minimum Gasteiger partial charge on any atom is -0.362 e. The summed E-state index contributed by atoms with van der Waals surface area (Å²) in [7, 11) is 4.08. The van der Waals surface area contributed by atoms with Gasteiger partial charge in [0.2, 0.25) is 5.95 Å². The predicted octanol–water partition coefficient (Wildman–Crippen LogP) is 5.45. The highest BCUT2D eigenvalue weighted by atomic mass is 15.2. The van der Waals surface area contributed by atoms with E-state index in [-0.39, 0.29) is 0 Å². The molecule has 32 heavy (non-hydrogen) atoms. The Bertz CT molecular complexity index is 980. The molecule has 1 aliphatic rings. The average molecular weight is 432 g/mol. The number of para-hydroxylation sites is 1. The third kappa shape index (κ3) is 5.77. The van der Waals surface area contributed by atoms with E-state index >= 15 is 0 Å². The Hall–Kier alpha value is -2.66. The summed E-state index contributed by atoms with van der Waals surface area (Å²) in [5.41, 5.74) is 2.44. The van der Waals surface area contributed by atoms with Crippen LogP contribution >= 0.6 is 0 Å². The highest BCUT2D eigenvalue weighted by Crippen LogP contribution is 2.28. The minimum absolute atomic E-state index is 0.459. The Morgan fingerprint density at radius 2 is 1.66 bits per heavy atom. The number of nitrogens with zero attached hydrogens (tertiary/aromatic N) is 3. The summed E-state index contributed by atoms with van der Waals surface area (Å²) in [5.74, 6) is 3.11. The van der Waals surface area contributed by atoms with Crippen LogP contribution in [0.5, 0.6) is 0 Å². The summed E-state index contributed by atoms with van der Waals surface area (Å²) in [6, 6.07) is 19.5. The molecule has 2 aromatic carbocycles. The lowest BCUT2D eigenvalue weighted by Gasteiger charge is -2.29. The maximum absolute atomic E-state index is 4.81. The zero-order chi connectivity index (χ0) is 22.3. The van der Waals surface area contributed by atoms with Gasteiger partial charge in [0.25, 0.3) is 0 Å². The summed E-state index contributed by atoms with van der Waals surface area (Å²) in [5, 5.41) is 8.43. The van der Waals surface area contributed by atoms with Crippen molar-refractivity contribution in [2.45, 2.75) is 51.0 Å². The van der Waals surface area contributed by atoms with Crippen molar-refractivity contribution in [3.05, 3.63) is 60.2 Å². The number of fused-ring (bicyclic) bond motifs is 1. The number of hydrogen-bond acceptors (Lipinski definition) is 5. The molecule has 1 fully saturated rings. The molecule has 1 aromatic heterocycles. The molecule has 3 aromatic rings. The number of benzene rings is 2. The quantitative estimate of drug-likeness (QED) is 0.441. The Balaban J connectivity index is 1.22. The van der Waals surface area contributed by atoms with Gasteiger partial charge in [-0.25, -0.2) is 4.98 Å². The molecule has 5 heteroatoms. The van der Waals surface area contributed by atoms with Crippen molar-refractivity contribution in [1.29, 1.82) is 0 Å². The SMILES string of the molecule is CC(CCNCC1CCC(Nc2nc(N(C)C)c3ccccc3n2)CC1)c1ccccc1. The summed E-state index contributed by atoms with van der Waals surface area (Å²) >= 11 is 0. The van der Waals surface area contributed by atoms with Crippen LogP contribution in [0.3, 0.4) is 0 Å². The lowest BCUT2D eigenvalue weighted by molar-refractivity contribution is 0.323. The molecule has 170 valence electrons. The van der Waals surface area contributed by atoms with Crippen molar-refractivity contribution in [3.8, 4) is 0 Å². The summed E-state index contributed by atoms with van der Waals surface area (Å²) < 4.78 is 0. The van der Waals surface area contributed by atoms with Gasteiger partial charge in [0.15, 0.2) is 0 Å². The average Bonchev–Trinajstić information content (AvgIpc) is 2.82. The fourth-order valence-electron chi connectivity index (χ4n) is 4.73. The van der Waals surface area contributed by atoms with Gasteiger partial charge in [-0.1, -0.05) is 49.4 Å². The lowest BCUT2D eigenvalue weighted by atomic mass is 9.86. The Labute approximate surface area is 192 Å². The van der Waals surface area contributed by atoms with E-state index in [1.165, 1.54) is 37.7 Å². The fourth-order valence-corrected chi connectivity index (χ4v) is 4.73.